The smallest absolute Gasteiger partial charge is 0.0618 e. The monoisotopic (exact) mass is 479 g/mol. The lowest BCUT2D eigenvalue weighted by atomic mass is 9.95. The van der Waals surface area contributed by atoms with E-state index in [0.717, 1.165) is 10.6 Å². The number of halogens is 1. The molecule has 1 nitrogen and oxygen atoms in total. The SMILES string of the molecule is Clc1ccc(-c2cccc(-c3ccccc3)c2-n2c3ccccc3c3c4ccccc4ccc32)cc1. The van der Waals surface area contributed by atoms with E-state index in [1.807, 2.05) is 12.1 Å². The molecule has 0 fully saturated rings. The van der Waals surface area contributed by atoms with Gasteiger partial charge in [0.25, 0.3) is 0 Å². The zero-order chi connectivity index (χ0) is 24.1. The summed E-state index contributed by atoms with van der Waals surface area (Å²) in [5, 5.41) is 5.81. The van der Waals surface area contributed by atoms with Crippen molar-refractivity contribution in [1.82, 2.24) is 4.57 Å². The molecule has 2 heteroatoms. The summed E-state index contributed by atoms with van der Waals surface area (Å²) in [6.07, 6.45) is 0. The maximum atomic E-state index is 6.27. The van der Waals surface area contributed by atoms with E-state index < -0.39 is 0 Å². The third-order valence-corrected chi connectivity index (χ3v) is 7.31. The van der Waals surface area contributed by atoms with Gasteiger partial charge in [0, 0.05) is 26.9 Å². The second-order valence-corrected chi connectivity index (χ2v) is 9.54. The van der Waals surface area contributed by atoms with Gasteiger partial charge < -0.3 is 4.57 Å². The zero-order valence-corrected chi connectivity index (χ0v) is 20.3. The van der Waals surface area contributed by atoms with E-state index in [-0.39, 0.29) is 0 Å². The van der Waals surface area contributed by atoms with Crippen LogP contribution in [0.15, 0.2) is 133 Å². The standard InChI is InChI=1S/C34H22ClN/c35-26-20-17-25(18-21-26)29-15-8-14-28(23-9-2-1-3-10-23)34(29)36-31-16-7-6-13-30(31)33-27-12-5-4-11-24(27)19-22-32(33)36/h1-22H. The van der Waals surface area contributed by atoms with Gasteiger partial charge in [-0.25, -0.2) is 0 Å². The Balaban J connectivity index is 1.68. The summed E-state index contributed by atoms with van der Waals surface area (Å²) in [6.45, 7) is 0. The van der Waals surface area contributed by atoms with Crippen molar-refractivity contribution in [3.63, 3.8) is 0 Å². The van der Waals surface area contributed by atoms with Gasteiger partial charge in [-0.2, -0.15) is 0 Å². The largest absolute Gasteiger partial charge is 0.308 e. The van der Waals surface area contributed by atoms with Crippen molar-refractivity contribution in [1.29, 1.82) is 0 Å². The fourth-order valence-corrected chi connectivity index (χ4v) is 5.60. The van der Waals surface area contributed by atoms with E-state index in [1.54, 1.807) is 0 Å². The van der Waals surface area contributed by atoms with E-state index in [0.29, 0.717) is 0 Å². The first-order valence-electron chi connectivity index (χ1n) is 12.2. The molecule has 0 saturated carbocycles. The number of fused-ring (bicyclic) bond motifs is 5. The predicted molar refractivity (Wildman–Crippen MR) is 154 cm³/mol. The second-order valence-electron chi connectivity index (χ2n) is 9.11. The van der Waals surface area contributed by atoms with E-state index >= 15 is 0 Å². The maximum absolute atomic E-state index is 6.27. The Hall–Kier alpha value is -4.33. The van der Waals surface area contributed by atoms with Crippen LogP contribution >= 0.6 is 11.6 Å². The Kier molecular flexibility index (Phi) is 4.90. The first kappa shape index (κ1) is 21.0. The number of para-hydroxylation sites is 2. The highest BCUT2D eigenvalue weighted by Crippen LogP contribution is 2.42. The van der Waals surface area contributed by atoms with Crippen LogP contribution in [0.1, 0.15) is 0 Å². The van der Waals surface area contributed by atoms with Gasteiger partial charge in [-0.15, -0.1) is 0 Å². The highest BCUT2D eigenvalue weighted by atomic mass is 35.5. The first-order valence-corrected chi connectivity index (χ1v) is 12.5. The summed E-state index contributed by atoms with van der Waals surface area (Å²) in [5.41, 5.74) is 8.26. The van der Waals surface area contributed by atoms with Crippen LogP contribution in [0.4, 0.5) is 0 Å². The summed E-state index contributed by atoms with van der Waals surface area (Å²) in [7, 11) is 0. The Morgan fingerprint density at radius 3 is 1.86 bits per heavy atom. The molecule has 0 atom stereocenters. The predicted octanol–water partition coefficient (Wildman–Crippen LogP) is 9.92. The molecule has 36 heavy (non-hydrogen) atoms. The molecule has 0 aliphatic heterocycles. The van der Waals surface area contributed by atoms with Crippen molar-refractivity contribution in [3.8, 4) is 27.9 Å². The molecular formula is C34H22ClN. The van der Waals surface area contributed by atoms with Crippen LogP contribution in [0, 0.1) is 0 Å². The minimum absolute atomic E-state index is 0.739. The van der Waals surface area contributed by atoms with Crippen molar-refractivity contribution in [3.05, 3.63) is 138 Å². The molecule has 1 heterocycles. The lowest BCUT2D eigenvalue weighted by molar-refractivity contribution is 1.18. The average Bonchev–Trinajstić information content (AvgIpc) is 3.28. The summed E-state index contributed by atoms with van der Waals surface area (Å²) in [6, 6.07) is 47.3. The van der Waals surface area contributed by atoms with E-state index in [4.69, 9.17) is 11.6 Å². The molecule has 0 aliphatic carbocycles. The van der Waals surface area contributed by atoms with Crippen LogP contribution in [-0.4, -0.2) is 4.57 Å². The van der Waals surface area contributed by atoms with Crippen molar-refractivity contribution in [2.75, 3.05) is 0 Å². The molecule has 0 N–H and O–H groups in total. The second kappa shape index (κ2) is 8.41. The molecule has 0 radical (unpaired) electrons. The van der Waals surface area contributed by atoms with Gasteiger partial charge in [0.15, 0.2) is 0 Å². The highest BCUT2D eigenvalue weighted by Gasteiger charge is 2.20. The van der Waals surface area contributed by atoms with E-state index in [2.05, 4.69) is 126 Å². The lowest BCUT2D eigenvalue weighted by Gasteiger charge is -2.19. The molecule has 0 spiro atoms. The first-order chi connectivity index (χ1) is 17.8. The van der Waals surface area contributed by atoms with Gasteiger partial charge in [-0.05, 0) is 46.2 Å². The molecule has 0 unspecified atom stereocenters. The quantitative estimate of drug-likeness (QED) is 0.237. The summed E-state index contributed by atoms with van der Waals surface area (Å²) >= 11 is 6.27. The molecule has 0 bridgehead atoms. The van der Waals surface area contributed by atoms with Gasteiger partial charge >= 0.3 is 0 Å². The highest BCUT2D eigenvalue weighted by molar-refractivity contribution is 6.30. The minimum atomic E-state index is 0.739. The Labute approximate surface area is 214 Å². The normalized spacial score (nSPS) is 11.5. The van der Waals surface area contributed by atoms with Gasteiger partial charge in [0.1, 0.15) is 0 Å². The van der Waals surface area contributed by atoms with Crippen LogP contribution in [0.2, 0.25) is 5.02 Å². The number of hydrogen-bond donors (Lipinski definition) is 0. The Bertz CT molecular complexity index is 1880. The van der Waals surface area contributed by atoms with Crippen molar-refractivity contribution < 1.29 is 0 Å². The third kappa shape index (κ3) is 3.25. The summed E-state index contributed by atoms with van der Waals surface area (Å²) < 4.78 is 2.45. The molecule has 0 amide bonds. The van der Waals surface area contributed by atoms with Crippen LogP contribution in [0.25, 0.3) is 60.5 Å². The number of hydrogen-bond acceptors (Lipinski definition) is 0. The number of aromatic nitrogens is 1. The van der Waals surface area contributed by atoms with E-state index in [1.165, 1.54) is 55.0 Å². The summed E-state index contributed by atoms with van der Waals surface area (Å²) in [4.78, 5) is 0. The Morgan fingerprint density at radius 1 is 0.444 bits per heavy atom. The van der Waals surface area contributed by atoms with Crippen molar-refractivity contribution in [2.45, 2.75) is 0 Å². The maximum Gasteiger partial charge on any atom is 0.0618 e. The minimum Gasteiger partial charge on any atom is -0.308 e. The van der Waals surface area contributed by atoms with Crippen LogP contribution < -0.4 is 0 Å². The van der Waals surface area contributed by atoms with Gasteiger partial charge in [-0.1, -0.05) is 121 Å². The van der Waals surface area contributed by atoms with Gasteiger partial charge in [0.2, 0.25) is 0 Å². The molecule has 0 aliphatic rings. The number of benzene rings is 6. The van der Waals surface area contributed by atoms with Crippen LogP contribution in [0.3, 0.4) is 0 Å². The average molecular weight is 480 g/mol. The fourth-order valence-electron chi connectivity index (χ4n) is 5.48. The van der Waals surface area contributed by atoms with Crippen molar-refractivity contribution >= 4 is 44.2 Å². The molecule has 7 rings (SSSR count). The van der Waals surface area contributed by atoms with Gasteiger partial charge in [-0.3, -0.25) is 0 Å². The molecule has 7 aromatic rings. The lowest BCUT2D eigenvalue weighted by Crippen LogP contribution is -2.00. The third-order valence-electron chi connectivity index (χ3n) is 7.06. The van der Waals surface area contributed by atoms with Crippen LogP contribution in [0.5, 0.6) is 0 Å². The van der Waals surface area contributed by atoms with E-state index in [9.17, 15) is 0 Å². The topological polar surface area (TPSA) is 4.93 Å². The molecule has 0 saturated heterocycles. The number of rotatable bonds is 3. The van der Waals surface area contributed by atoms with Gasteiger partial charge in [0.05, 0.1) is 16.7 Å². The molecule has 1 aromatic heterocycles. The number of nitrogens with zero attached hydrogens (tertiary/aromatic N) is 1. The zero-order valence-electron chi connectivity index (χ0n) is 19.5. The summed E-state index contributed by atoms with van der Waals surface area (Å²) in [5.74, 6) is 0. The molecule has 170 valence electrons. The molecule has 6 aromatic carbocycles. The van der Waals surface area contributed by atoms with Crippen LogP contribution in [-0.2, 0) is 0 Å². The Morgan fingerprint density at radius 2 is 1.08 bits per heavy atom. The molecular weight excluding hydrogens is 458 g/mol. The van der Waals surface area contributed by atoms with Crippen molar-refractivity contribution in [2.24, 2.45) is 0 Å². The fraction of sp³-hybridized carbons (Fsp3) is 0.